The molecule has 0 fully saturated rings. The third-order valence-corrected chi connectivity index (χ3v) is 11.5. The van der Waals surface area contributed by atoms with Gasteiger partial charge in [0.2, 0.25) is 0 Å². The highest BCUT2D eigenvalue weighted by Crippen LogP contribution is 2.41. The topological polar surface area (TPSA) is 53.5 Å². The lowest BCUT2D eigenvalue weighted by Gasteiger charge is -2.12. The average molecular weight is 755 g/mol. The van der Waals surface area contributed by atoms with Crippen molar-refractivity contribution in [2.24, 2.45) is 0 Å². The Kier molecular flexibility index (Phi) is 7.43. The highest BCUT2D eigenvalue weighted by atomic mass is 15.0. The van der Waals surface area contributed by atoms with Crippen LogP contribution in [-0.4, -0.2) is 28.7 Å². The lowest BCUT2D eigenvalue weighted by molar-refractivity contribution is 1.07. The Morgan fingerprint density at radius 2 is 0.746 bits per heavy atom. The summed E-state index contributed by atoms with van der Waals surface area (Å²) in [5.74, 6) is 1.92. The normalized spacial score (nSPS) is 11.7. The van der Waals surface area contributed by atoms with E-state index in [0.717, 1.165) is 50.3 Å². The monoisotopic (exact) mass is 754 g/mol. The highest BCUT2D eigenvalue weighted by Gasteiger charge is 2.20. The van der Waals surface area contributed by atoms with Gasteiger partial charge in [0.25, 0.3) is 0 Å². The van der Waals surface area contributed by atoms with Crippen LogP contribution in [0.15, 0.2) is 206 Å². The highest BCUT2D eigenvalue weighted by molar-refractivity contribution is 6.20. The van der Waals surface area contributed by atoms with E-state index in [1.165, 1.54) is 38.0 Å². The van der Waals surface area contributed by atoms with Gasteiger partial charge in [-0.05, 0) is 84.9 Å². The van der Waals surface area contributed by atoms with E-state index in [0.29, 0.717) is 17.5 Å². The SMILES string of the molecule is c1ccc(-c2nc(-c3ccccc3)nc(-c3ccc(-n4c5cc6ccn(-c7ccccc7)c6cc5c5cc6c7ccccc7n(-c7ccccc7)c6cc54)cc3)n2)cc1. The molecule has 12 aromatic rings. The first kappa shape index (κ1) is 33.1. The van der Waals surface area contributed by atoms with Gasteiger partial charge in [-0.25, -0.2) is 15.0 Å². The van der Waals surface area contributed by atoms with Crippen molar-refractivity contribution in [3.8, 4) is 51.2 Å². The van der Waals surface area contributed by atoms with E-state index < -0.39 is 0 Å². The van der Waals surface area contributed by atoms with E-state index in [2.05, 4.69) is 159 Å². The van der Waals surface area contributed by atoms with Crippen LogP contribution in [0.4, 0.5) is 0 Å². The molecule has 4 heterocycles. The van der Waals surface area contributed by atoms with Crippen molar-refractivity contribution >= 4 is 54.5 Å². The Morgan fingerprint density at radius 3 is 1.37 bits per heavy atom. The molecule has 0 aliphatic rings. The zero-order valence-corrected chi connectivity index (χ0v) is 31.8. The molecule has 0 saturated heterocycles. The van der Waals surface area contributed by atoms with Crippen molar-refractivity contribution in [3.63, 3.8) is 0 Å². The number of aromatic nitrogens is 6. The molecule has 0 saturated carbocycles. The third-order valence-electron chi connectivity index (χ3n) is 11.5. The minimum atomic E-state index is 0.629. The van der Waals surface area contributed by atoms with Gasteiger partial charge >= 0.3 is 0 Å². The fraction of sp³-hybridized carbons (Fsp3) is 0. The van der Waals surface area contributed by atoms with Crippen LogP contribution in [0.2, 0.25) is 0 Å². The summed E-state index contributed by atoms with van der Waals surface area (Å²) in [7, 11) is 0. The second kappa shape index (κ2) is 13.3. The molecule has 0 radical (unpaired) electrons. The van der Waals surface area contributed by atoms with E-state index in [-0.39, 0.29) is 0 Å². The van der Waals surface area contributed by atoms with Gasteiger partial charge in [0.1, 0.15) is 0 Å². The molecule has 4 aromatic heterocycles. The molecule has 6 nitrogen and oxygen atoms in total. The quantitative estimate of drug-likeness (QED) is 0.170. The first-order valence-electron chi connectivity index (χ1n) is 19.9. The Hall–Kier alpha value is -8.09. The molecule has 0 amide bonds. The number of para-hydroxylation sites is 3. The van der Waals surface area contributed by atoms with Gasteiger partial charge in [-0.15, -0.1) is 0 Å². The zero-order chi connectivity index (χ0) is 38.9. The van der Waals surface area contributed by atoms with Crippen LogP contribution in [-0.2, 0) is 0 Å². The Balaban J connectivity index is 1.10. The molecule has 0 aliphatic heterocycles. The molecule has 0 aliphatic carbocycles. The van der Waals surface area contributed by atoms with Gasteiger partial charge in [-0.3, -0.25) is 0 Å². The third kappa shape index (κ3) is 5.38. The van der Waals surface area contributed by atoms with Gasteiger partial charge < -0.3 is 13.7 Å². The Morgan fingerprint density at radius 1 is 0.288 bits per heavy atom. The fourth-order valence-electron chi connectivity index (χ4n) is 8.75. The summed E-state index contributed by atoms with van der Waals surface area (Å²) in [6.07, 6.45) is 2.17. The van der Waals surface area contributed by atoms with Gasteiger partial charge in [0.05, 0.1) is 27.6 Å². The number of nitrogens with zero attached hydrogens (tertiary/aromatic N) is 6. The predicted molar refractivity (Wildman–Crippen MR) is 242 cm³/mol. The molecule has 0 N–H and O–H groups in total. The summed E-state index contributed by atoms with van der Waals surface area (Å²) in [6, 6.07) is 70.6. The number of fused-ring (bicyclic) bond motifs is 7. The largest absolute Gasteiger partial charge is 0.317 e. The van der Waals surface area contributed by atoms with Crippen LogP contribution in [0.5, 0.6) is 0 Å². The molecule has 0 unspecified atom stereocenters. The lowest BCUT2D eigenvalue weighted by atomic mass is 10.1. The van der Waals surface area contributed by atoms with Crippen molar-refractivity contribution < 1.29 is 0 Å². The molecule has 8 aromatic carbocycles. The predicted octanol–water partition coefficient (Wildman–Crippen LogP) is 13.0. The molecule has 0 spiro atoms. The van der Waals surface area contributed by atoms with Crippen molar-refractivity contribution in [2.45, 2.75) is 0 Å². The number of hydrogen-bond donors (Lipinski definition) is 0. The zero-order valence-electron chi connectivity index (χ0n) is 31.8. The van der Waals surface area contributed by atoms with Crippen LogP contribution < -0.4 is 0 Å². The van der Waals surface area contributed by atoms with Crippen LogP contribution >= 0.6 is 0 Å². The van der Waals surface area contributed by atoms with Gasteiger partial charge in [0, 0.05) is 66.9 Å². The van der Waals surface area contributed by atoms with Crippen molar-refractivity contribution in [1.29, 1.82) is 0 Å². The summed E-state index contributed by atoms with van der Waals surface area (Å²) in [4.78, 5) is 14.9. The second-order valence-corrected chi connectivity index (χ2v) is 14.9. The molecule has 6 heteroatoms. The number of hydrogen-bond acceptors (Lipinski definition) is 3. The number of benzene rings is 8. The first-order valence-corrected chi connectivity index (χ1v) is 19.9. The van der Waals surface area contributed by atoms with E-state index in [1.807, 2.05) is 60.7 Å². The molecule has 0 bridgehead atoms. The molecular weight excluding hydrogens is 721 g/mol. The molecule has 0 atom stereocenters. The fourth-order valence-corrected chi connectivity index (χ4v) is 8.75. The van der Waals surface area contributed by atoms with Crippen LogP contribution in [0.1, 0.15) is 0 Å². The average Bonchev–Trinajstić information content (AvgIpc) is 3.98. The van der Waals surface area contributed by atoms with Gasteiger partial charge in [-0.2, -0.15) is 0 Å². The maximum Gasteiger partial charge on any atom is 0.164 e. The van der Waals surface area contributed by atoms with Crippen molar-refractivity contribution in [3.05, 3.63) is 206 Å². The summed E-state index contributed by atoms with van der Waals surface area (Å²) >= 11 is 0. The minimum absolute atomic E-state index is 0.629. The van der Waals surface area contributed by atoms with Gasteiger partial charge in [-0.1, -0.05) is 115 Å². The van der Waals surface area contributed by atoms with E-state index >= 15 is 0 Å². The minimum Gasteiger partial charge on any atom is -0.317 e. The summed E-state index contributed by atoms with van der Waals surface area (Å²) < 4.78 is 7.09. The maximum absolute atomic E-state index is 5.01. The Labute approximate surface area is 339 Å². The van der Waals surface area contributed by atoms with Crippen molar-refractivity contribution in [1.82, 2.24) is 28.7 Å². The summed E-state index contributed by atoms with van der Waals surface area (Å²) in [6.45, 7) is 0. The molecule has 12 rings (SSSR count). The van der Waals surface area contributed by atoms with E-state index in [4.69, 9.17) is 15.0 Å². The van der Waals surface area contributed by atoms with E-state index in [9.17, 15) is 0 Å². The smallest absolute Gasteiger partial charge is 0.164 e. The maximum atomic E-state index is 5.01. The molecule has 59 heavy (non-hydrogen) atoms. The molecule has 276 valence electrons. The summed E-state index contributed by atoms with van der Waals surface area (Å²) in [5.41, 5.74) is 11.9. The van der Waals surface area contributed by atoms with Gasteiger partial charge in [0.15, 0.2) is 17.5 Å². The van der Waals surface area contributed by atoms with Crippen LogP contribution in [0.25, 0.3) is 106 Å². The first-order chi connectivity index (χ1) is 29.2. The second-order valence-electron chi connectivity index (χ2n) is 14.9. The van der Waals surface area contributed by atoms with Crippen molar-refractivity contribution in [2.75, 3.05) is 0 Å². The molecular formula is C53H34N6. The Bertz CT molecular complexity index is 3450. The standard InChI is InChI=1S/C53H34N6/c1-5-15-35(16-6-1)51-54-52(36-17-7-2-8-18-36)56-53(55-51)37-25-27-41(28-26-37)59-48-31-38-29-30-57(39-19-9-3-10-20-39)47(38)33-45(48)44-32-43-42-23-13-14-24-46(42)58(49(43)34-50(44)59)40-21-11-4-12-22-40/h1-34H. The number of rotatable bonds is 6. The van der Waals surface area contributed by atoms with Crippen LogP contribution in [0, 0.1) is 0 Å². The lowest BCUT2D eigenvalue weighted by Crippen LogP contribution is -2.00. The summed E-state index contributed by atoms with van der Waals surface area (Å²) in [5, 5.41) is 6.03. The van der Waals surface area contributed by atoms with E-state index in [1.54, 1.807) is 0 Å². The van der Waals surface area contributed by atoms with Crippen LogP contribution in [0.3, 0.4) is 0 Å².